The lowest BCUT2D eigenvalue weighted by Gasteiger charge is -2.12. The number of carbonyl (C=O) groups is 1. The number of ether oxygens (including phenoxy) is 1. The van der Waals surface area contributed by atoms with E-state index in [2.05, 4.69) is 0 Å². The molecule has 7 heteroatoms. The van der Waals surface area contributed by atoms with E-state index in [-0.39, 0.29) is 11.5 Å². The fourth-order valence-electron chi connectivity index (χ4n) is 3.49. The molecule has 5 nitrogen and oxygen atoms in total. The third-order valence-corrected chi connectivity index (χ3v) is 7.22. The molecule has 3 unspecified atom stereocenters. The number of carboxylic acid groups (broad SMARTS) is 1. The number of hydrogen-bond acceptors (Lipinski definition) is 4. The van der Waals surface area contributed by atoms with Crippen molar-refractivity contribution >= 4 is 27.4 Å². The van der Waals surface area contributed by atoms with E-state index in [1.54, 1.807) is 42.5 Å². The SMILES string of the molecule is COCC1(C(=O)O)C(c2ccc(Cl)cc2)C1S(=O)(=O)c1ccccc1. The zero-order valence-electron chi connectivity index (χ0n) is 13.4. The van der Waals surface area contributed by atoms with Crippen LogP contribution in [-0.4, -0.2) is 38.5 Å². The Bertz CT molecular complexity index is 879. The van der Waals surface area contributed by atoms with E-state index < -0.39 is 32.4 Å². The molecule has 25 heavy (non-hydrogen) atoms. The standard InChI is InChI=1S/C18H17ClO5S/c1-24-11-18(17(20)21)15(12-7-9-13(19)10-8-12)16(18)25(22,23)14-5-3-2-4-6-14/h2-10,15-16H,11H2,1H3,(H,20,21). The van der Waals surface area contributed by atoms with E-state index >= 15 is 0 Å². The molecular weight excluding hydrogens is 364 g/mol. The summed E-state index contributed by atoms with van der Waals surface area (Å²) in [7, 11) is -2.47. The first kappa shape index (κ1) is 17.9. The molecule has 1 aliphatic carbocycles. The van der Waals surface area contributed by atoms with Crippen LogP contribution in [0.15, 0.2) is 59.5 Å². The van der Waals surface area contributed by atoms with Crippen molar-refractivity contribution in [1.82, 2.24) is 0 Å². The van der Waals surface area contributed by atoms with Crippen molar-refractivity contribution in [2.24, 2.45) is 5.41 Å². The quantitative estimate of drug-likeness (QED) is 0.833. The van der Waals surface area contributed by atoms with Gasteiger partial charge in [-0.3, -0.25) is 4.79 Å². The van der Waals surface area contributed by atoms with Gasteiger partial charge in [-0.15, -0.1) is 0 Å². The van der Waals surface area contributed by atoms with Crippen molar-refractivity contribution in [2.75, 3.05) is 13.7 Å². The van der Waals surface area contributed by atoms with Crippen LogP contribution in [0.5, 0.6) is 0 Å². The third-order valence-electron chi connectivity index (χ3n) is 4.67. The molecule has 1 aliphatic rings. The molecule has 3 atom stereocenters. The molecule has 3 rings (SSSR count). The Morgan fingerprint density at radius 3 is 2.28 bits per heavy atom. The second-order valence-corrected chi connectivity index (χ2v) is 8.59. The lowest BCUT2D eigenvalue weighted by Crippen LogP contribution is -2.28. The highest BCUT2D eigenvalue weighted by Gasteiger charge is 2.76. The molecule has 132 valence electrons. The maximum absolute atomic E-state index is 13.1. The highest BCUT2D eigenvalue weighted by atomic mass is 35.5. The molecule has 0 amide bonds. The number of sulfone groups is 1. The van der Waals surface area contributed by atoms with Crippen LogP contribution in [0.2, 0.25) is 5.02 Å². The summed E-state index contributed by atoms with van der Waals surface area (Å²) < 4.78 is 31.3. The minimum Gasteiger partial charge on any atom is -0.481 e. The molecule has 1 saturated carbocycles. The highest BCUT2D eigenvalue weighted by Crippen LogP contribution is 2.64. The van der Waals surface area contributed by atoms with Crippen LogP contribution in [-0.2, 0) is 19.4 Å². The smallest absolute Gasteiger partial charge is 0.314 e. The number of rotatable bonds is 6. The van der Waals surface area contributed by atoms with Crippen LogP contribution >= 0.6 is 11.6 Å². The first-order chi connectivity index (χ1) is 11.9. The summed E-state index contributed by atoms with van der Waals surface area (Å²) in [4.78, 5) is 12.2. The predicted octanol–water partition coefficient (Wildman–Crippen LogP) is 3.00. The summed E-state index contributed by atoms with van der Waals surface area (Å²) in [6.45, 7) is -0.188. The summed E-state index contributed by atoms with van der Waals surface area (Å²) >= 11 is 5.89. The monoisotopic (exact) mass is 380 g/mol. The average Bonchev–Trinajstić information content (AvgIpc) is 3.28. The van der Waals surface area contributed by atoms with Crippen LogP contribution in [0.4, 0.5) is 0 Å². The van der Waals surface area contributed by atoms with E-state index in [9.17, 15) is 18.3 Å². The third kappa shape index (κ3) is 2.84. The zero-order chi connectivity index (χ0) is 18.2. The Morgan fingerprint density at radius 1 is 1.16 bits per heavy atom. The van der Waals surface area contributed by atoms with Gasteiger partial charge in [0.15, 0.2) is 9.84 Å². The summed E-state index contributed by atoms with van der Waals surface area (Å²) in [5, 5.41) is 9.23. The van der Waals surface area contributed by atoms with Gasteiger partial charge >= 0.3 is 5.97 Å². The van der Waals surface area contributed by atoms with Crippen molar-refractivity contribution in [1.29, 1.82) is 0 Å². The van der Waals surface area contributed by atoms with Crippen molar-refractivity contribution in [3.63, 3.8) is 0 Å². The van der Waals surface area contributed by atoms with Gasteiger partial charge in [-0.05, 0) is 29.8 Å². The Hall–Kier alpha value is -1.89. The van der Waals surface area contributed by atoms with Gasteiger partial charge in [0.1, 0.15) is 5.41 Å². The van der Waals surface area contributed by atoms with Crippen molar-refractivity contribution in [3.05, 3.63) is 65.2 Å². The Morgan fingerprint density at radius 2 is 1.76 bits per heavy atom. The van der Waals surface area contributed by atoms with Gasteiger partial charge in [0.25, 0.3) is 0 Å². The van der Waals surface area contributed by atoms with Gasteiger partial charge in [-0.25, -0.2) is 8.42 Å². The van der Waals surface area contributed by atoms with Gasteiger partial charge in [0.05, 0.1) is 16.8 Å². The summed E-state index contributed by atoms with van der Waals surface area (Å²) in [5.74, 6) is -1.88. The minimum atomic E-state index is -3.84. The second-order valence-electron chi connectivity index (χ2n) is 6.09. The van der Waals surface area contributed by atoms with Gasteiger partial charge in [-0.2, -0.15) is 0 Å². The molecule has 0 radical (unpaired) electrons. The average molecular weight is 381 g/mol. The number of carboxylic acids is 1. The summed E-state index contributed by atoms with van der Waals surface area (Å²) in [6.07, 6.45) is 0. The Kier molecular flexibility index (Phi) is 4.62. The van der Waals surface area contributed by atoms with Gasteiger partial charge in [0.2, 0.25) is 0 Å². The van der Waals surface area contributed by atoms with E-state index in [0.29, 0.717) is 10.6 Å². The largest absolute Gasteiger partial charge is 0.481 e. The molecule has 1 N–H and O–H groups in total. The maximum Gasteiger partial charge on any atom is 0.314 e. The van der Waals surface area contributed by atoms with E-state index in [1.165, 1.54) is 19.2 Å². The van der Waals surface area contributed by atoms with Crippen LogP contribution < -0.4 is 0 Å². The van der Waals surface area contributed by atoms with Crippen LogP contribution in [0.3, 0.4) is 0 Å². The topological polar surface area (TPSA) is 80.7 Å². The Labute approximate surface area is 151 Å². The molecule has 2 aromatic carbocycles. The first-order valence-electron chi connectivity index (χ1n) is 7.62. The maximum atomic E-state index is 13.1. The van der Waals surface area contributed by atoms with Crippen LogP contribution in [0, 0.1) is 5.41 Å². The number of methoxy groups -OCH3 is 1. The van der Waals surface area contributed by atoms with E-state index in [4.69, 9.17) is 16.3 Å². The van der Waals surface area contributed by atoms with Crippen molar-refractivity contribution in [3.8, 4) is 0 Å². The zero-order valence-corrected chi connectivity index (χ0v) is 15.0. The lowest BCUT2D eigenvalue weighted by atomic mass is 10.0. The molecule has 0 heterocycles. The molecule has 0 aromatic heterocycles. The minimum absolute atomic E-state index is 0.109. The highest BCUT2D eigenvalue weighted by molar-refractivity contribution is 7.92. The normalized spacial score (nSPS) is 25.5. The second kappa shape index (κ2) is 6.44. The molecule has 0 bridgehead atoms. The summed E-state index contributed by atoms with van der Waals surface area (Å²) in [6, 6.07) is 14.5. The fourth-order valence-corrected chi connectivity index (χ4v) is 5.99. The molecule has 1 fully saturated rings. The number of halogens is 1. The lowest BCUT2D eigenvalue weighted by molar-refractivity contribution is -0.145. The van der Waals surface area contributed by atoms with Crippen molar-refractivity contribution in [2.45, 2.75) is 16.1 Å². The van der Waals surface area contributed by atoms with Crippen LogP contribution in [0.25, 0.3) is 0 Å². The molecule has 0 saturated heterocycles. The molecular formula is C18H17ClO5S. The van der Waals surface area contributed by atoms with Gasteiger partial charge in [-0.1, -0.05) is 41.9 Å². The number of hydrogen-bond donors (Lipinski definition) is 1. The number of benzene rings is 2. The molecule has 0 spiro atoms. The van der Waals surface area contributed by atoms with Gasteiger partial charge < -0.3 is 9.84 Å². The number of aliphatic carboxylic acids is 1. The predicted molar refractivity (Wildman–Crippen MR) is 93.6 cm³/mol. The summed E-state index contributed by atoms with van der Waals surface area (Å²) in [5.41, 5.74) is -0.898. The van der Waals surface area contributed by atoms with E-state index in [0.717, 1.165) is 0 Å². The van der Waals surface area contributed by atoms with Crippen molar-refractivity contribution < 1.29 is 23.1 Å². The Balaban J connectivity index is 2.12. The van der Waals surface area contributed by atoms with Gasteiger partial charge in [0, 0.05) is 18.1 Å². The van der Waals surface area contributed by atoms with Crippen LogP contribution in [0.1, 0.15) is 11.5 Å². The van der Waals surface area contributed by atoms with E-state index in [1.807, 2.05) is 0 Å². The first-order valence-corrected chi connectivity index (χ1v) is 9.55. The fraction of sp³-hybridized carbons (Fsp3) is 0.278. The molecule has 2 aromatic rings. The molecule has 0 aliphatic heterocycles.